The molecule has 56 heavy (non-hydrogen) atoms. The van der Waals surface area contributed by atoms with Gasteiger partial charge in [0.2, 0.25) is 0 Å². The fraction of sp³-hybridized carbons (Fsp3) is 0. The number of benzene rings is 9. The number of furan rings is 1. The third-order valence-electron chi connectivity index (χ3n) is 10.7. The Kier molecular flexibility index (Phi) is 8.55. The number of hydrogen-bond donors (Lipinski definition) is 0. The van der Waals surface area contributed by atoms with Crippen LogP contribution in [0.4, 0.5) is 17.1 Å². The first-order chi connectivity index (χ1) is 27.8. The van der Waals surface area contributed by atoms with Gasteiger partial charge in [0.15, 0.2) is 0 Å². The van der Waals surface area contributed by atoms with Gasteiger partial charge >= 0.3 is 0 Å². The quantitative estimate of drug-likeness (QED) is 0.156. The van der Waals surface area contributed by atoms with Crippen molar-refractivity contribution in [2.24, 2.45) is 0 Å². The molecule has 9 aromatic carbocycles. The van der Waals surface area contributed by atoms with E-state index in [2.05, 4.69) is 223 Å². The number of hydrogen-bond acceptors (Lipinski definition) is 2. The molecule has 0 amide bonds. The van der Waals surface area contributed by atoms with E-state index in [1.807, 2.05) is 6.07 Å². The Morgan fingerprint density at radius 1 is 0.321 bits per heavy atom. The SMILES string of the molecule is c1ccc(-c2ccccc2N(c2ccc(-c3cccc(-c4cccc5ccccc45)c3)cc2)c2cccc(-c3oc4ccccc4c3-c3ccccc3)c2)cc1. The molecule has 0 fully saturated rings. The lowest BCUT2D eigenvalue weighted by Gasteiger charge is -2.28. The van der Waals surface area contributed by atoms with Gasteiger partial charge in [-0.25, -0.2) is 0 Å². The first-order valence-electron chi connectivity index (χ1n) is 19.1. The van der Waals surface area contributed by atoms with Crippen LogP contribution in [0.15, 0.2) is 229 Å². The minimum atomic E-state index is 0.858. The van der Waals surface area contributed by atoms with Crippen LogP contribution in [0.1, 0.15) is 0 Å². The van der Waals surface area contributed by atoms with Gasteiger partial charge in [-0.15, -0.1) is 0 Å². The Balaban J connectivity index is 1.10. The first kappa shape index (κ1) is 33.2. The van der Waals surface area contributed by atoms with Crippen LogP contribution >= 0.6 is 0 Å². The number of anilines is 3. The van der Waals surface area contributed by atoms with Crippen molar-refractivity contribution in [3.8, 4) is 55.8 Å². The molecule has 0 aliphatic heterocycles. The molecule has 0 aliphatic carbocycles. The molecule has 0 radical (unpaired) electrons. The Labute approximate surface area is 327 Å². The fourth-order valence-electron chi connectivity index (χ4n) is 8.03. The molecule has 2 heteroatoms. The monoisotopic (exact) mass is 715 g/mol. The van der Waals surface area contributed by atoms with Crippen LogP contribution < -0.4 is 4.90 Å². The summed E-state index contributed by atoms with van der Waals surface area (Å²) in [6.45, 7) is 0. The topological polar surface area (TPSA) is 16.4 Å². The maximum absolute atomic E-state index is 6.69. The van der Waals surface area contributed by atoms with E-state index in [0.29, 0.717) is 0 Å². The maximum Gasteiger partial charge on any atom is 0.143 e. The number of fused-ring (bicyclic) bond motifs is 2. The largest absolute Gasteiger partial charge is 0.455 e. The van der Waals surface area contributed by atoms with Crippen LogP contribution in [0.5, 0.6) is 0 Å². The highest BCUT2D eigenvalue weighted by atomic mass is 16.3. The third kappa shape index (κ3) is 6.14. The normalized spacial score (nSPS) is 11.2. The standard InChI is InChI=1S/C54H37NO/c1-3-16-40(17-4-1)49-27-9-11-30-51(49)55(46-25-14-24-44(37-46)54-53(41-19-5-2-6-20-41)50-28-10-12-31-52(50)56-54)45-34-32-38(33-35-45)42-22-13-23-43(36-42)48-29-15-21-39-18-7-8-26-47(39)48/h1-37H. The van der Waals surface area contributed by atoms with Gasteiger partial charge in [0.05, 0.1) is 5.69 Å². The van der Waals surface area contributed by atoms with Gasteiger partial charge in [0, 0.05) is 33.5 Å². The van der Waals surface area contributed by atoms with E-state index in [0.717, 1.165) is 67.2 Å². The molecule has 10 rings (SSSR count). The summed E-state index contributed by atoms with van der Waals surface area (Å²) in [6, 6.07) is 79.9. The summed E-state index contributed by atoms with van der Waals surface area (Å²) in [5, 5.41) is 3.61. The summed E-state index contributed by atoms with van der Waals surface area (Å²) in [5.41, 5.74) is 14.4. The lowest BCUT2D eigenvalue weighted by Crippen LogP contribution is -2.11. The highest BCUT2D eigenvalue weighted by molar-refractivity contribution is 6.02. The van der Waals surface area contributed by atoms with Crippen molar-refractivity contribution in [2.45, 2.75) is 0 Å². The molecular formula is C54H37NO. The van der Waals surface area contributed by atoms with E-state index in [4.69, 9.17) is 4.42 Å². The second-order valence-corrected chi connectivity index (χ2v) is 14.1. The highest BCUT2D eigenvalue weighted by Crippen LogP contribution is 2.45. The molecule has 1 aromatic heterocycles. The molecule has 0 aliphatic rings. The van der Waals surface area contributed by atoms with E-state index in [-0.39, 0.29) is 0 Å². The van der Waals surface area contributed by atoms with Gasteiger partial charge in [0.25, 0.3) is 0 Å². The van der Waals surface area contributed by atoms with E-state index >= 15 is 0 Å². The van der Waals surface area contributed by atoms with Crippen molar-refractivity contribution in [1.29, 1.82) is 0 Å². The van der Waals surface area contributed by atoms with Crippen LogP contribution in [0, 0.1) is 0 Å². The van der Waals surface area contributed by atoms with Crippen LogP contribution in [0.2, 0.25) is 0 Å². The predicted octanol–water partition coefficient (Wildman–Crippen LogP) is 15.4. The Morgan fingerprint density at radius 3 is 1.75 bits per heavy atom. The van der Waals surface area contributed by atoms with Gasteiger partial charge in [0.1, 0.15) is 11.3 Å². The minimum Gasteiger partial charge on any atom is -0.455 e. The lowest BCUT2D eigenvalue weighted by atomic mass is 9.95. The molecular weight excluding hydrogens is 679 g/mol. The Morgan fingerprint density at radius 2 is 0.911 bits per heavy atom. The molecule has 0 N–H and O–H groups in total. The van der Waals surface area contributed by atoms with Crippen molar-refractivity contribution < 1.29 is 4.42 Å². The molecule has 10 aromatic rings. The van der Waals surface area contributed by atoms with Crippen LogP contribution in [-0.2, 0) is 0 Å². The zero-order chi connectivity index (χ0) is 37.3. The first-order valence-corrected chi connectivity index (χ1v) is 19.1. The van der Waals surface area contributed by atoms with Crippen molar-refractivity contribution in [3.05, 3.63) is 224 Å². The third-order valence-corrected chi connectivity index (χ3v) is 10.7. The average Bonchev–Trinajstić information content (AvgIpc) is 3.67. The lowest BCUT2D eigenvalue weighted by molar-refractivity contribution is 0.632. The maximum atomic E-state index is 6.69. The van der Waals surface area contributed by atoms with E-state index < -0.39 is 0 Å². The van der Waals surface area contributed by atoms with E-state index in [9.17, 15) is 0 Å². The van der Waals surface area contributed by atoms with Crippen LogP contribution in [-0.4, -0.2) is 0 Å². The molecule has 0 bridgehead atoms. The van der Waals surface area contributed by atoms with Gasteiger partial charge in [-0.1, -0.05) is 182 Å². The molecule has 0 saturated heterocycles. The second-order valence-electron chi connectivity index (χ2n) is 14.1. The Bertz CT molecular complexity index is 2960. The molecule has 0 saturated carbocycles. The van der Waals surface area contributed by atoms with Gasteiger partial charge in [-0.3, -0.25) is 0 Å². The van der Waals surface area contributed by atoms with Crippen LogP contribution in [0.3, 0.4) is 0 Å². The van der Waals surface area contributed by atoms with Crippen molar-refractivity contribution in [1.82, 2.24) is 0 Å². The summed E-state index contributed by atoms with van der Waals surface area (Å²) >= 11 is 0. The van der Waals surface area contributed by atoms with E-state index in [1.54, 1.807) is 0 Å². The molecule has 2 nitrogen and oxygen atoms in total. The zero-order valence-corrected chi connectivity index (χ0v) is 30.7. The van der Waals surface area contributed by atoms with E-state index in [1.165, 1.54) is 27.5 Å². The predicted molar refractivity (Wildman–Crippen MR) is 236 cm³/mol. The van der Waals surface area contributed by atoms with Crippen molar-refractivity contribution in [2.75, 3.05) is 4.90 Å². The summed E-state index contributed by atoms with van der Waals surface area (Å²) in [7, 11) is 0. The molecule has 0 spiro atoms. The van der Waals surface area contributed by atoms with Crippen LogP contribution in [0.25, 0.3) is 77.6 Å². The van der Waals surface area contributed by atoms with Gasteiger partial charge < -0.3 is 9.32 Å². The molecule has 0 unspecified atom stereocenters. The summed E-state index contributed by atoms with van der Waals surface area (Å²) in [4.78, 5) is 2.37. The molecule has 0 atom stereocenters. The number of rotatable bonds is 8. The van der Waals surface area contributed by atoms with Gasteiger partial charge in [-0.05, 0) is 86.6 Å². The van der Waals surface area contributed by atoms with Crippen molar-refractivity contribution in [3.63, 3.8) is 0 Å². The zero-order valence-electron chi connectivity index (χ0n) is 30.7. The molecule has 264 valence electrons. The summed E-state index contributed by atoms with van der Waals surface area (Å²) < 4.78 is 6.69. The molecule has 1 heterocycles. The minimum absolute atomic E-state index is 0.858. The highest BCUT2D eigenvalue weighted by Gasteiger charge is 2.21. The fourth-order valence-corrected chi connectivity index (χ4v) is 8.03. The summed E-state index contributed by atoms with van der Waals surface area (Å²) in [5.74, 6) is 0.858. The number of nitrogens with zero attached hydrogens (tertiary/aromatic N) is 1. The smallest absolute Gasteiger partial charge is 0.143 e. The van der Waals surface area contributed by atoms with Gasteiger partial charge in [-0.2, -0.15) is 0 Å². The second kappa shape index (κ2) is 14.4. The van der Waals surface area contributed by atoms with Crippen molar-refractivity contribution >= 4 is 38.8 Å². The number of para-hydroxylation sites is 2. The summed E-state index contributed by atoms with van der Waals surface area (Å²) in [6.07, 6.45) is 0. The Hall–Kier alpha value is -7.42. The average molecular weight is 716 g/mol.